The van der Waals surface area contributed by atoms with Gasteiger partial charge in [-0.1, -0.05) is 69.3 Å². The highest BCUT2D eigenvalue weighted by molar-refractivity contribution is 5.61. The van der Waals surface area contributed by atoms with Crippen molar-refractivity contribution in [3.63, 3.8) is 0 Å². The van der Waals surface area contributed by atoms with Gasteiger partial charge in [0.05, 0.1) is 5.69 Å². The van der Waals surface area contributed by atoms with E-state index in [4.69, 9.17) is 4.98 Å². The number of para-hydroxylation sites is 1. The topological polar surface area (TPSA) is 17.8 Å². The molecule has 0 saturated carbocycles. The number of aromatic nitrogens is 2. The summed E-state index contributed by atoms with van der Waals surface area (Å²) in [6, 6.07) is 18.9. The first-order valence-corrected chi connectivity index (χ1v) is 7.68. The van der Waals surface area contributed by atoms with Crippen molar-refractivity contribution in [2.75, 3.05) is 0 Å². The Morgan fingerprint density at radius 2 is 1.50 bits per heavy atom. The van der Waals surface area contributed by atoms with E-state index in [0.29, 0.717) is 0 Å². The average molecular weight is 290 g/mol. The first-order valence-electron chi connectivity index (χ1n) is 7.68. The lowest BCUT2D eigenvalue weighted by molar-refractivity contribution is 0.557. The van der Waals surface area contributed by atoms with Crippen molar-refractivity contribution in [1.29, 1.82) is 0 Å². The number of aryl methyl sites for hydroxylation is 1. The molecule has 0 radical (unpaired) electrons. The zero-order valence-corrected chi connectivity index (χ0v) is 13.7. The molecule has 22 heavy (non-hydrogen) atoms. The lowest BCUT2D eigenvalue weighted by atomic mass is 9.92. The van der Waals surface area contributed by atoms with E-state index >= 15 is 0 Å². The van der Waals surface area contributed by atoms with Gasteiger partial charge in [-0.05, 0) is 18.6 Å². The van der Waals surface area contributed by atoms with E-state index in [1.807, 2.05) is 12.3 Å². The van der Waals surface area contributed by atoms with Crippen molar-refractivity contribution in [3.05, 3.63) is 72.1 Å². The second kappa shape index (κ2) is 5.45. The number of benzene rings is 2. The molecule has 0 spiro atoms. The van der Waals surface area contributed by atoms with Gasteiger partial charge in [-0.2, -0.15) is 0 Å². The Bertz CT molecular complexity index is 777. The maximum Gasteiger partial charge on any atom is 0.144 e. The Kier molecular flexibility index (Phi) is 3.61. The Morgan fingerprint density at radius 1 is 0.864 bits per heavy atom. The Labute approximate surface area is 132 Å². The van der Waals surface area contributed by atoms with E-state index in [-0.39, 0.29) is 5.41 Å². The third kappa shape index (κ3) is 2.57. The molecule has 0 N–H and O–H groups in total. The normalized spacial score (nSPS) is 11.6. The molecule has 112 valence electrons. The molecule has 0 bridgehead atoms. The lowest BCUT2D eigenvalue weighted by Crippen LogP contribution is -2.17. The molecular formula is C20H22N2. The predicted molar refractivity (Wildman–Crippen MR) is 92.4 cm³/mol. The van der Waals surface area contributed by atoms with Crippen molar-refractivity contribution in [3.8, 4) is 17.1 Å². The maximum absolute atomic E-state index is 4.73. The van der Waals surface area contributed by atoms with Crippen LogP contribution in [0.2, 0.25) is 0 Å². The zero-order chi connectivity index (χ0) is 15.7. The smallest absolute Gasteiger partial charge is 0.144 e. The van der Waals surface area contributed by atoms with Crippen molar-refractivity contribution in [2.24, 2.45) is 0 Å². The average Bonchev–Trinajstić information content (AvgIpc) is 2.93. The minimum absolute atomic E-state index is 0.0301. The van der Waals surface area contributed by atoms with Crippen LogP contribution in [-0.4, -0.2) is 9.55 Å². The fourth-order valence-corrected chi connectivity index (χ4v) is 2.73. The predicted octanol–water partition coefficient (Wildman–Crippen LogP) is 5.15. The second-order valence-corrected chi connectivity index (χ2v) is 6.70. The Balaban J connectivity index is 2.30. The molecule has 0 unspecified atom stereocenters. The standard InChI is InChI=1S/C20H22N2/c1-15-10-8-9-13-17(15)22-18(20(2,3)4)14-21-19(22)16-11-6-5-7-12-16/h5-14H,1-4H3. The van der Waals surface area contributed by atoms with Crippen LogP contribution in [0.15, 0.2) is 60.8 Å². The molecule has 3 aromatic rings. The summed E-state index contributed by atoms with van der Waals surface area (Å²) in [5.74, 6) is 1.000. The van der Waals surface area contributed by atoms with Crippen molar-refractivity contribution in [1.82, 2.24) is 9.55 Å². The van der Waals surface area contributed by atoms with E-state index in [1.54, 1.807) is 0 Å². The van der Waals surface area contributed by atoms with Crippen LogP contribution in [0.5, 0.6) is 0 Å². The molecule has 3 rings (SSSR count). The lowest BCUT2D eigenvalue weighted by Gasteiger charge is -2.23. The van der Waals surface area contributed by atoms with Gasteiger partial charge in [-0.3, -0.25) is 4.57 Å². The van der Waals surface area contributed by atoms with Gasteiger partial charge in [0.1, 0.15) is 5.82 Å². The van der Waals surface area contributed by atoms with Crippen LogP contribution in [-0.2, 0) is 5.41 Å². The summed E-state index contributed by atoms with van der Waals surface area (Å²) in [5, 5.41) is 0. The van der Waals surface area contributed by atoms with Gasteiger partial charge in [0, 0.05) is 22.9 Å². The van der Waals surface area contributed by atoms with Crippen LogP contribution < -0.4 is 0 Å². The molecular weight excluding hydrogens is 268 g/mol. The van der Waals surface area contributed by atoms with Crippen LogP contribution in [0, 0.1) is 6.92 Å². The maximum atomic E-state index is 4.73. The third-order valence-corrected chi connectivity index (χ3v) is 3.92. The van der Waals surface area contributed by atoms with Gasteiger partial charge in [0.15, 0.2) is 0 Å². The number of rotatable bonds is 2. The minimum atomic E-state index is 0.0301. The van der Waals surface area contributed by atoms with Gasteiger partial charge in [-0.25, -0.2) is 4.98 Å². The highest BCUT2D eigenvalue weighted by Gasteiger charge is 2.23. The summed E-state index contributed by atoms with van der Waals surface area (Å²) >= 11 is 0. The second-order valence-electron chi connectivity index (χ2n) is 6.70. The van der Waals surface area contributed by atoms with Crippen molar-refractivity contribution >= 4 is 0 Å². The zero-order valence-electron chi connectivity index (χ0n) is 13.7. The van der Waals surface area contributed by atoms with Crippen LogP contribution in [0.1, 0.15) is 32.0 Å². The van der Waals surface area contributed by atoms with Gasteiger partial charge in [-0.15, -0.1) is 0 Å². The van der Waals surface area contributed by atoms with Gasteiger partial charge < -0.3 is 0 Å². The molecule has 1 heterocycles. The largest absolute Gasteiger partial charge is 0.296 e. The summed E-state index contributed by atoms with van der Waals surface area (Å²) in [7, 11) is 0. The number of hydrogen-bond donors (Lipinski definition) is 0. The molecule has 1 aromatic heterocycles. The first kappa shape index (κ1) is 14.6. The molecule has 0 amide bonds. The van der Waals surface area contributed by atoms with E-state index in [0.717, 1.165) is 11.4 Å². The van der Waals surface area contributed by atoms with Gasteiger partial charge in [0.2, 0.25) is 0 Å². The monoisotopic (exact) mass is 290 g/mol. The fraction of sp³-hybridized carbons (Fsp3) is 0.250. The summed E-state index contributed by atoms with van der Waals surface area (Å²) in [6.07, 6.45) is 2.01. The fourth-order valence-electron chi connectivity index (χ4n) is 2.73. The Morgan fingerprint density at radius 3 is 2.14 bits per heavy atom. The minimum Gasteiger partial charge on any atom is -0.296 e. The van der Waals surface area contributed by atoms with Crippen LogP contribution in [0.25, 0.3) is 17.1 Å². The number of hydrogen-bond acceptors (Lipinski definition) is 1. The molecule has 0 saturated heterocycles. The third-order valence-electron chi connectivity index (χ3n) is 3.92. The highest BCUT2D eigenvalue weighted by Crippen LogP contribution is 2.32. The molecule has 2 heteroatoms. The summed E-state index contributed by atoms with van der Waals surface area (Å²) in [6.45, 7) is 8.84. The van der Waals surface area contributed by atoms with E-state index in [2.05, 4.69) is 80.8 Å². The van der Waals surface area contributed by atoms with Crippen molar-refractivity contribution < 1.29 is 0 Å². The van der Waals surface area contributed by atoms with E-state index < -0.39 is 0 Å². The van der Waals surface area contributed by atoms with E-state index in [9.17, 15) is 0 Å². The molecule has 0 fully saturated rings. The highest BCUT2D eigenvalue weighted by atomic mass is 15.1. The molecule has 0 aliphatic heterocycles. The molecule has 0 aliphatic carbocycles. The quantitative estimate of drug-likeness (QED) is 0.638. The summed E-state index contributed by atoms with van der Waals surface area (Å²) in [4.78, 5) is 4.73. The number of imidazole rings is 1. The SMILES string of the molecule is Cc1ccccc1-n1c(C(C)(C)C)cnc1-c1ccccc1. The molecule has 0 aliphatic rings. The van der Waals surface area contributed by atoms with Gasteiger partial charge in [0.25, 0.3) is 0 Å². The molecule has 2 nitrogen and oxygen atoms in total. The molecule has 0 atom stereocenters. The number of nitrogens with zero attached hydrogens (tertiary/aromatic N) is 2. The first-order chi connectivity index (χ1) is 10.5. The summed E-state index contributed by atoms with van der Waals surface area (Å²) in [5.41, 5.74) is 4.84. The van der Waals surface area contributed by atoms with Gasteiger partial charge >= 0.3 is 0 Å². The van der Waals surface area contributed by atoms with E-state index in [1.165, 1.54) is 16.9 Å². The van der Waals surface area contributed by atoms with Crippen LogP contribution >= 0.6 is 0 Å². The van der Waals surface area contributed by atoms with Crippen molar-refractivity contribution in [2.45, 2.75) is 33.1 Å². The van der Waals surface area contributed by atoms with Crippen LogP contribution in [0.3, 0.4) is 0 Å². The Hall–Kier alpha value is -2.35. The molecule has 2 aromatic carbocycles. The van der Waals surface area contributed by atoms with Crippen LogP contribution in [0.4, 0.5) is 0 Å². The summed E-state index contributed by atoms with van der Waals surface area (Å²) < 4.78 is 2.30.